The standard InChI is InChI=1S/C25H28ClN9O4/c1-25(2,3)35-23-17(21(27)30-12-31-23)18(32-35)19-16(20(39-33-19)13-4-5-13)22-28-8-14(9-29-22)38-15-10-34(11-15)24(36)37-7-6-26/h8-9,12-13,15H,4-7,10-11H2,1-3H3,(H2,27,30,31). The van der Waals surface area contributed by atoms with Crippen LogP contribution in [0.4, 0.5) is 10.6 Å². The van der Waals surface area contributed by atoms with Gasteiger partial charge in [-0.05, 0) is 33.6 Å². The Labute approximate surface area is 228 Å². The molecule has 1 aliphatic heterocycles. The lowest BCUT2D eigenvalue weighted by atomic mass is 10.1. The lowest BCUT2D eigenvalue weighted by molar-refractivity contribution is 0.0126. The molecule has 0 radical (unpaired) electrons. The van der Waals surface area contributed by atoms with Gasteiger partial charge in [-0.15, -0.1) is 11.6 Å². The lowest BCUT2D eigenvalue weighted by Crippen LogP contribution is -2.56. The zero-order chi connectivity index (χ0) is 27.3. The quantitative estimate of drug-likeness (QED) is 0.333. The minimum Gasteiger partial charge on any atom is -0.483 e. The van der Waals surface area contributed by atoms with Gasteiger partial charge in [-0.2, -0.15) is 5.10 Å². The van der Waals surface area contributed by atoms with Crippen LogP contribution in [0.5, 0.6) is 5.75 Å². The number of hydrogen-bond acceptors (Lipinski definition) is 11. The molecule has 0 unspecified atom stereocenters. The number of likely N-dealkylation sites (tertiary alicyclic amines) is 1. The zero-order valence-electron chi connectivity index (χ0n) is 21.8. The Kier molecular flexibility index (Phi) is 6.25. The van der Waals surface area contributed by atoms with E-state index in [0.717, 1.165) is 18.6 Å². The molecule has 13 nitrogen and oxygen atoms in total. The summed E-state index contributed by atoms with van der Waals surface area (Å²) in [5, 5.41) is 9.89. The maximum atomic E-state index is 11.9. The van der Waals surface area contributed by atoms with Gasteiger partial charge in [0.05, 0.1) is 47.9 Å². The first-order valence-corrected chi connectivity index (χ1v) is 13.2. The highest BCUT2D eigenvalue weighted by atomic mass is 35.5. The van der Waals surface area contributed by atoms with Gasteiger partial charge in [0.25, 0.3) is 0 Å². The fourth-order valence-electron chi connectivity index (χ4n) is 4.49. The molecule has 0 bridgehead atoms. The van der Waals surface area contributed by atoms with Crippen molar-refractivity contribution >= 4 is 34.5 Å². The predicted octanol–water partition coefficient (Wildman–Crippen LogP) is 3.59. The number of nitrogen functional groups attached to an aromatic ring is 1. The van der Waals surface area contributed by atoms with Gasteiger partial charge >= 0.3 is 6.09 Å². The number of rotatable bonds is 7. The molecule has 0 atom stereocenters. The van der Waals surface area contributed by atoms with Crippen LogP contribution >= 0.6 is 11.6 Å². The average Bonchev–Trinajstić information content (AvgIpc) is 3.50. The van der Waals surface area contributed by atoms with Crippen molar-refractivity contribution in [3.05, 3.63) is 24.5 Å². The molecule has 2 N–H and O–H groups in total. The highest BCUT2D eigenvalue weighted by Gasteiger charge is 2.37. The topological polar surface area (TPSA) is 160 Å². The maximum absolute atomic E-state index is 11.9. The molecule has 1 saturated carbocycles. The fraction of sp³-hybridized carbons (Fsp3) is 0.480. The molecule has 2 aliphatic rings. The summed E-state index contributed by atoms with van der Waals surface area (Å²) in [4.78, 5) is 31.3. The number of alkyl halides is 1. The summed E-state index contributed by atoms with van der Waals surface area (Å²) in [6, 6.07) is 0. The number of halogens is 1. The second kappa shape index (κ2) is 9.63. The Morgan fingerprint density at radius 3 is 2.56 bits per heavy atom. The van der Waals surface area contributed by atoms with Crippen LogP contribution in [0, 0.1) is 0 Å². The molecular formula is C25H28ClN9O4. The van der Waals surface area contributed by atoms with E-state index in [1.165, 1.54) is 6.33 Å². The highest BCUT2D eigenvalue weighted by Crippen LogP contribution is 2.48. The van der Waals surface area contributed by atoms with Crippen LogP contribution in [0.25, 0.3) is 33.8 Å². The minimum atomic E-state index is -0.401. The van der Waals surface area contributed by atoms with Crippen LogP contribution < -0.4 is 10.5 Å². The number of anilines is 1. The Balaban J connectivity index is 1.30. The summed E-state index contributed by atoms with van der Waals surface area (Å²) in [6.45, 7) is 7.11. The van der Waals surface area contributed by atoms with Crippen molar-refractivity contribution in [3.63, 3.8) is 0 Å². The Bertz CT molecular complexity index is 1520. The van der Waals surface area contributed by atoms with Crippen molar-refractivity contribution in [1.82, 2.24) is 39.8 Å². The van der Waals surface area contributed by atoms with Gasteiger partial charge in [0.15, 0.2) is 23.0 Å². The molecule has 14 heteroatoms. The van der Waals surface area contributed by atoms with Gasteiger partial charge in [0.2, 0.25) is 0 Å². The number of ether oxygens (including phenoxy) is 2. The first kappa shape index (κ1) is 25.3. The number of fused-ring (bicyclic) bond motifs is 1. The molecule has 204 valence electrons. The molecule has 1 aliphatic carbocycles. The largest absolute Gasteiger partial charge is 0.483 e. The maximum Gasteiger partial charge on any atom is 0.410 e. The molecule has 4 aromatic heterocycles. The van der Waals surface area contributed by atoms with Crippen molar-refractivity contribution in [2.75, 3.05) is 31.3 Å². The van der Waals surface area contributed by atoms with E-state index in [4.69, 9.17) is 36.4 Å². The molecule has 0 aromatic carbocycles. The number of carbonyl (C=O) groups excluding carboxylic acids is 1. The van der Waals surface area contributed by atoms with Crippen LogP contribution in [-0.2, 0) is 10.3 Å². The number of carbonyl (C=O) groups is 1. The third-order valence-electron chi connectivity index (χ3n) is 6.58. The Hall–Kier alpha value is -4.00. The van der Waals surface area contributed by atoms with Gasteiger partial charge in [0.1, 0.15) is 36.2 Å². The smallest absolute Gasteiger partial charge is 0.410 e. The van der Waals surface area contributed by atoms with Gasteiger partial charge in [-0.25, -0.2) is 29.4 Å². The molecule has 2 fully saturated rings. The summed E-state index contributed by atoms with van der Waals surface area (Å²) in [7, 11) is 0. The molecule has 4 aromatic rings. The first-order chi connectivity index (χ1) is 18.7. The van der Waals surface area contributed by atoms with Crippen LogP contribution in [0.2, 0.25) is 0 Å². The highest BCUT2D eigenvalue weighted by molar-refractivity contribution is 6.18. The van der Waals surface area contributed by atoms with Gasteiger partial charge in [-0.3, -0.25) is 0 Å². The number of amides is 1. The normalized spacial score (nSPS) is 15.9. The second-order valence-corrected chi connectivity index (χ2v) is 11.0. The second-order valence-electron chi connectivity index (χ2n) is 10.6. The Morgan fingerprint density at radius 2 is 1.90 bits per heavy atom. The summed E-state index contributed by atoms with van der Waals surface area (Å²) < 4.78 is 18.6. The third kappa shape index (κ3) is 4.71. The van der Waals surface area contributed by atoms with Crippen LogP contribution in [0.3, 0.4) is 0 Å². The van der Waals surface area contributed by atoms with E-state index in [9.17, 15) is 4.79 Å². The van der Waals surface area contributed by atoms with Crippen molar-refractivity contribution in [2.24, 2.45) is 0 Å². The van der Waals surface area contributed by atoms with Crippen LogP contribution in [0.1, 0.15) is 45.3 Å². The third-order valence-corrected chi connectivity index (χ3v) is 6.74. The van der Waals surface area contributed by atoms with Crippen molar-refractivity contribution < 1.29 is 18.8 Å². The van der Waals surface area contributed by atoms with E-state index in [1.54, 1.807) is 17.3 Å². The average molecular weight is 554 g/mol. The molecule has 5 heterocycles. The molecule has 39 heavy (non-hydrogen) atoms. The van der Waals surface area contributed by atoms with E-state index in [0.29, 0.717) is 58.5 Å². The van der Waals surface area contributed by atoms with E-state index in [1.807, 2.05) is 25.5 Å². The van der Waals surface area contributed by atoms with Gasteiger partial charge < -0.3 is 24.6 Å². The summed E-state index contributed by atoms with van der Waals surface area (Å²) in [5.41, 5.74) is 8.23. The summed E-state index contributed by atoms with van der Waals surface area (Å²) in [5.74, 6) is 2.45. The monoisotopic (exact) mass is 553 g/mol. The Morgan fingerprint density at radius 1 is 1.15 bits per heavy atom. The van der Waals surface area contributed by atoms with Gasteiger partial charge in [-0.1, -0.05) is 5.16 Å². The van der Waals surface area contributed by atoms with E-state index in [-0.39, 0.29) is 30.0 Å². The van der Waals surface area contributed by atoms with Gasteiger partial charge in [0, 0.05) is 5.92 Å². The molecule has 6 rings (SSSR count). The molecule has 0 spiro atoms. The SMILES string of the molecule is CC(C)(C)n1nc(-c2noc(C3CC3)c2-c2ncc(OC3CN(C(=O)OCCCl)C3)cn2)c2c(N)ncnc21. The number of nitrogens with two attached hydrogens (primary N) is 1. The van der Waals surface area contributed by atoms with E-state index >= 15 is 0 Å². The van der Waals surface area contributed by atoms with E-state index in [2.05, 4.69) is 25.1 Å². The number of hydrogen-bond donors (Lipinski definition) is 1. The molecular weight excluding hydrogens is 526 g/mol. The van der Waals surface area contributed by atoms with Crippen molar-refractivity contribution in [2.45, 2.75) is 51.2 Å². The number of nitrogens with zero attached hydrogens (tertiary/aromatic N) is 8. The van der Waals surface area contributed by atoms with Crippen LogP contribution in [-0.4, -0.2) is 77.5 Å². The first-order valence-electron chi connectivity index (χ1n) is 12.7. The predicted molar refractivity (Wildman–Crippen MR) is 141 cm³/mol. The summed E-state index contributed by atoms with van der Waals surface area (Å²) >= 11 is 5.56. The number of aromatic nitrogens is 7. The van der Waals surface area contributed by atoms with Crippen LogP contribution in [0.15, 0.2) is 23.2 Å². The van der Waals surface area contributed by atoms with Crippen molar-refractivity contribution in [1.29, 1.82) is 0 Å². The fourth-order valence-corrected chi connectivity index (χ4v) is 4.57. The molecule has 1 amide bonds. The minimum absolute atomic E-state index is 0.174. The lowest BCUT2D eigenvalue weighted by Gasteiger charge is -2.37. The zero-order valence-corrected chi connectivity index (χ0v) is 22.6. The van der Waals surface area contributed by atoms with Crippen molar-refractivity contribution in [3.8, 4) is 28.5 Å². The van der Waals surface area contributed by atoms with E-state index < -0.39 is 6.09 Å². The summed E-state index contributed by atoms with van der Waals surface area (Å²) in [6.07, 6.45) is 6.06. The molecule has 1 saturated heterocycles.